The number of hydrogen-bond acceptors (Lipinski definition) is 6. The number of carbonyl (C=O) groups is 2. The Morgan fingerprint density at radius 2 is 1.78 bits per heavy atom. The molecule has 0 aliphatic carbocycles. The van der Waals surface area contributed by atoms with Crippen molar-refractivity contribution in [1.29, 1.82) is 0 Å². The molecule has 37 heavy (non-hydrogen) atoms. The summed E-state index contributed by atoms with van der Waals surface area (Å²) in [7, 11) is 0. The number of carboxylic acid groups (broad SMARTS) is 1. The van der Waals surface area contributed by atoms with E-state index in [-0.39, 0.29) is 18.4 Å². The molecule has 0 saturated carbocycles. The molecule has 1 N–H and O–H groups in total. The van der Waals surface area contributed by atoms with E-state index in [0.717, 1.165) is 29.8 Å². The SMILES string of the molecule is O=C(O)CCCCc1nc2cc(C(=O)N3CCC(n4cncn4)CC3)ccc2nc1-c1ccc(Cl)cc1. The van der Waals surface area contributed by atoms with Crippen LogP contribution in [-0.2, 0) is 11.2 Å². The van der Waals surface area contributed by atoms with Crippen LogP contribution >= 0.6 is 11.6 Å². The van der Waals surface area contributed by atoms with Crippen molar-refractivity contribution in [3.05, 3.63) is 71.4 Å². The van der Waals surface area contributed by atoms with Crippen LogP contribution in [0.15, 0.2) is 55.1 Å². The summed E-state index contributed by atoms with van der Waals surface area (Å²) >= 11 is 6.08. The topological polar surface area (TPSA) is 114 Å². The van der Waals surface area contributed by atoms with Crippen LogP contribution in [0.2, 0.25) is 5.02 Å². The maximum Gasteiger partial charge on any atom is 0.303 e. The molecular formula is C27H27ClN6O3. The molecule has 0 radical (unpaired) electrons. The molecular weight excluding hydrogens is 492 g/mol. The van der Waals surface area contributed by atoms with Crippen LogP contribution in [0, 0.1) is 0 Å². The summed E-state index contributed by atoms with van der Waals surface area (Å²) in [6.45, 7) is 1.30. The van der Waals surface area contributed by atoms with Crippen molar-refractivity contribution in [3.8, 4) is 11.3 Å². The Bertz CT molecular complexity index is 1400. The van der Waals surface area contributed by atoms with Crippen LogP contribution in [0.4, 0.5) is 0 Å². The number of aliphatic carboxylic acids is 1. The van der Waals surface area contributed by atoms with E-state index in [4.69, 9.17) is 26.7 Å². The average Bonchev–Trinajstić information content (AvgIpc) is 3.46. The first-order valence-electron chi connectivity index (χ1n) is 12.4. The lowest BCUT2D eigenvalue weighted by molar-refractivity contribution is -0.137. The van der Waals surface area contributed by atoms with E-state index in [9.17, 15) is 9.59 Å². The quantitative estimate of drug-likeness (QED) is 0.333. The standard InChI is InChI=1S/C27H27ClN6O3/c28-20-8-5-18(6-9-20)26-23(3-1-2-4-25(35)36)31-24-15-19(7-10-22(24)32-26)27(37)33-13-11-21(12-14-33)34-17-29-16-30-34/h5-10,15-17,21H,1-4,11-14H2,(H,35,36). The van der Waals surface area contributed by atoms with Crippen molar-refractivity contribution >= 4 is 34.5 Å². The van der Waals surface area contributed by atoms with Gasteiger partial charge in [0.25, 0.3) is 5.91 Å². The van der Waals surface area contributed by atoms with Gasteiger partial charge in [-0.05, 0) is 62.4 Å². The zero-order valence-electron chi connectivity index (χ0n) is 20.3. The first-order valence-corrected chi connectivity index (χ1v) is 12.8. The smallest absolute Gasteiger partial charge is 0.303 e. The molecule has 0 atom stereocenters. The van der Waals surface area contributed by atoms with Crippen molar-refractivity contribution < 1.29 is 14.7 Å². The molecule has 0 unspecified atom stereocenters. The Morgan fingerprint density at radius 1 is 1.00 bits per heavy atom. The highest BCUT2D eigenvalue weighted by atomic mass is 35.5. The monoisotopic (exact) mass is 518 g/mol. The number of amides is 1. The highest BCUT2D eigenvalue weighted by molar-refractivity contribution is 6.30. The molecule has 1 saturated heterocycles. The van der Waals surface area contributed by atoms with E-state index in [2.05, 4.69) is 10.1 Å². The van der Waals surface area contributed by atoms with Gasteiger partial charge in [0.2, 0.25) is 0 Å². The molecule has 5 rings (SSSR count). The first-order chi connectivity index (χ1) is 18.0. The minimum Gasteiger partial charge on any atom is -0.481 e. The number of rotatable bonds is 8. The number of unbranched alkanes of at least 4 members (excludes halogenated alkanes) is 1. The van der Waals surface area contributed by atoms with Crippen LogP contribution in [0.1, 0.15) is 54.2 Å². The zero-order chi connectivity index (χ0) is 25.8. The molecule has 0 spiro atoms. The highest BCUT2D eigenvalue weighted by Gasteiger charge is 2.25. The number of nitrogens with zero attached hydrogens (tertiary/aromatic N) is 6. The number of aromatic nitrogens is 5. The normalized spacial score (nSPS) is 14.2. The minimum absolute atomic E-state index is 0.0227. The molecule has 1 fully saturated rings. The molecule has 0 bridgehead atoms. The maximum atomic E-state index is 13.3. The molecule has 10 heteroatoms. The Kier molecular flexibility index (Phi) is 7.41. The molecule has 1 aliphatic heterocycles. The van der Waals surface area contributed by atoms with Gasteiger partial charge < -0.3 is 10.0 Å². The number of carboxylic acids is 1. The van der Waals surface area contributed by atoms with Crippen LogP contribution in [0.25, 0.3) is 22.3 Å². The Morgan fingerprint density at radius 3 is 2.49 bits per heavy atom. The fourth-order valence-corrected chi connectivity index (χ4v) is 4.85. The van der Waals surface area contributed by atoms with E-state index in [1.165, 1.54) is 6.33 Å². The Hall–Kier alpha value is -3.85. The zero-order valence-corrected chi connectivity index (χ0v) is 21.0. The number of halogens is 1. The molecule has 4 aromatic rings. The van der Waals surface area contributed by atoms with Gasteiger partial charge in [0.05, 0.1) is 28.5 Å². The number of fused-ring (bicyclic) bond motifs is 1. The Balaban J connectivity index is 1.38. The van der Waals surface area contributed by atoms with E-state index in [1.54, 1.807) is 18.5 Å². The van der Waals surface area contributed by atoms with E-state index < -0.39 is 5.97 Å². The fraction of sp³-hybridized carbons (Fsp3) is 0.333. The lowest BCUT2D eigenvalue weighted by atomic mass is 10.0. The summed E-state index contributed by atoms with van der Waals surface area (Å²) in [5.74, 6) is -0.832. The second kappa shape index (κ2) is 11.0. The van der Waals surface area contributed by atoms with Gasteiger partial charge in [-0.1, -0.05) is 23.7 Å². The van der Waals surface area contributed by atoms with Crippen LogP contribution < -0.4 is 0 Å². The van der Waals surface area contributed by atoms with E-state index in [0.29, 0.717) is 54.0 Å². The van der Waals surface area contributed by atoms with Crippen LogP contribution in [0.5, 0.6) is 0 Å². The lowest BCUT2D eigenvalue weighted by Crippen LogP contribution is -2.39. The van der Waals surface area contributed by atoms with Gasteiger partial charge in [-0.2, -0.15) is 5.10 Å². The van der Waals surface area contributed by atoms with Crippen molar-refractivity contribution in [2.45, 2.75) is 44.6 Å². The molecule has 3 heterocycles. The first kappa shape index (κ1) is 24.8. The molecule has 1 amide bonds. The molecule has 9 nitrogen and oxygen atoms in total. The number of likely N-dealkylation sites (tertiary alicyclic amines) is 1. The highest BCUT2D eigenvalue weighted by Crippen LogP contribution is 2.28. The third kappa shape index (κ3) is 5.77. The van der Waals surface area contributed by atoms with Gasteiger partial charge in [-0.3, -0.25) is 9.59 Å². The molecule has 2 aromatic carbocycles. The lowest BCUT2D eigenvalue weighted by Gasteiger charge is -2.32. The summed E-state index contributed by atoms with van der Waals surface area (Å²) in [6, 6.07) is 13.1. The average molecular weight is 519 g/mol. The fourth-order valence-electron chi connectivity index (χ4n) is 4.73. The number of benzene rings is 2. The maximum absolute atomic E-state index is 13.3. The van der Waals surface area contributed by atoms with Gasteiger partial charge >= 0.3 is 5.97 Å². The van der Waals surface area contributed by atoms with E-state index >= 15 is 0 Å². The van der Waals surface area contributed by atoms with Gasteiger partial charge in [-0.25, -0.2) is 19.6 Å². The van der Waals surface area contributed by atoms with Gasteiger partial charge in [0.1, 0.15) is 12.7 Å². The molecule has 1 aliphatic rings. The van der Waals surface area contributed by atoms with Crippen molar-refractivity contribution in [1.82, 2.24) is 29.6 Å². The summed E-state index contributed by atoms with van der Waals surface area (Å²) < 4.78 is 1.86. The Labute approximate surface area is 219 Å². The third-order valence-electron chi connectivity index (χ3n) is 6.72. The van der Waals surface area contributed by atoms with Gasteiger partial charge in [-0.15, -0.1) is 0 Å². The van der Waals surface area contributed by atoms with Crippen molar-refractivity contribution in [2.24, 2.45) is 0 Å². The summed E-state index contributed by atoms with van der Waals surface area (Å²) in [6.07, 6.45) is 6.84. The van der Waals surface area contributed by atoms with E-state index in [1.807, 2.05) is 39.9 Å². The summed E-state index contributed by atoms with van der Waals surface area (Å²) in [5.41, 5.74) is 4.33. The largest absolute Gasteiger partial charge is 0.481 e. The summed E-state index contributed by atoms with van der Waals surface area (Å²) in [4.78, 5) is 39.9. The van der Waals surface area contributed by atoms with Crippen molar-refractivity contribution in [3.63, 3.8) is 0 Å². The van der Waals surface area contributed by atoms with Crippen LogP contribution in [-0.4, -0.2) is 59.7 Å². The summed E-state index contributed by atoms with van der Waals surface area (Å²) in [5, 5.41) is 13.8. The molecule has 2 aromatic heterocycles. The van der Waals surface area contributed by atoms with Crippen LogP contribution in [0.3, 0.4) is 0 Å². The number of carbonyl (C=O) groups excluding carboxylic acids is 1. The number of hydrogen-bond donors (Lipinski definition) is 1. The predicted molar refractivity (Wildman–Crippen MR) is 139 cm³/mol. The van der Waals surface area contributed by atoms with Crippen molar-refractivity contribution in [2.75, 3.05) is 13.1 Å². The number of aryl methyl sites for hydroxylation is 1. The molecule has 190 valence electrons. The van der Waals surface area contributed by atoms with Gasteiger partial charge in [0, 0.05) is 35.7 Å². The predicted octanol–water partition coefficient (Wildman–Crippen LogP) is 4.82. The minimum atomic E-state index is -0.809. The number of piperidine rings is 1. The van der Waals surface area contributed by atoms with Gasteiger partial charge in [0.15, 0.2) is 0 Å². The second-order valence-electron chi connectivity index (χ2n) is 9.23. The second-order valence-corrected chi connectivity index (χ2v) is 9.67. The third-order valence-corrected chi connectivity index (χ3v) is 6.97.